The van der Waals surface area contributed by atoms with Crippen molar-refractivity contribution in [2.45, 2.75) is 96.8 Å². The predicted molar refractivity (Wildman–Crippen MR) is 492 cm³/mol. The summed E-state index contributed by atoms with van der Waals surface area (Å²) in [6.07, 6.45) is 43.3. The number of imidazole rings is 5. The Morgan fingerprint density at radius 2 is 0.823 bits per heavy atom. The Bertz CT molecular complexity index is 6960. The fraction of sp³-hybridized carbons (Fsp3) is 0.192. The highest BCUT2D eigenvalue weighted by Gasteiger charge is 2.26. The van der Waals surface area contributed by atoms with Crippen LogP contribution in [0, 0.1) is 27.7 Å². The molecule has 0 aliphatic heterocycles. The topological polar surface area (TPSA) is 443 Å². The third-order valence-electron chi connectivity index (χ3n) is 18.3. The highest BCUT2D eigenvalue weighted by atomic mass is 32.2. The Hall–Kier alpha value is -12.8. The van der Waals surface area contributed by atoms with Crippen LogP contribution in [0.3, 0.4) is 0 Å². The number of nitrogens with one attached hydrogen (secondary N) is 10. The first-order valence-electron chi connectivity index (χ1n) is 38.2. The SMILES string of the molecule is CCSc1cn2c(-c3cn[nH]c3)cnc2c(Nc2cc(C)ns2)n1.CN(C)S(=O)(=O)c1cccc(Nc2nccn3c(-c4cn[nH]c4)cnc23)c1.CSc1cn2c(-c3cn[nH]c3)cnc2c(Nc2cc(C)ns2)n1.Cc1cc(Nc2nc(SC(C)C)cn3c(-c4cn[nH]c4)cnc23)sn1.Cc1cc(Nc2nc(SC3CC3)cn3c(-c4cn[nH]c4)cnc23)sn1. The van der Waals surface area contributed by atoms with Crippen LogP contribution >= 0.6 is 93.2 Å². The largest absolute Gasteiger partial charge is 0.337 e. The van der Waals surface area contributed by atoms with Gasteiger partial charge in [0.1, 0.15) is 40.1 Å². The van der Waals surface area contributed by atoms with E-state index in [4.69, 9.17) is 15.0 Å². The van der Waals surface area contributed by atoms with Crippen LogP contribution in [0.4, 0.5) is 54.8 Å². The monoisotopic (exact) mass is 1820 g/mol. The molecule has 124 heavy (non-hydrogen) atoms. The Balaban J connectivity index is 0.000000110. The van der Waals surface area contributed by atoms with E-state index in [-0.39, 0.29) is 4.90 Å². The predicted octanol–water partition coefficient (Wildman–Crippen LogP) is 17.2. The summed E-state index contributed by atoms with van der Waals surface area (Å²) in [4.78, 5) is 46.1. The third kappa shape index (κ3) is 19.0. The quantitative estimate of drug-likeness (QED) is 0.0251. The van der Waals surface area contributed by atoms with Gasteiger partial charge >= 0.3 is 0 Å². The van der Waals surface area contributed by atoms with Crippen molar-refractivity contribution >= 4 is 186 Å². The fourth-order valence-electron chi connectivity index (χ4n) is 12.5. The van der Waals surface area contributed by atoms with Crippen molar-refractivity contribution in [2.24, 2.45) is 0 Å². The van der Waals surface area contributed by atoms with Gasteiger partial charge in [-0.25, -0.2) is 62.6 Å². The molecule has 46 heteroatoms. The molecule has 0 bridgehead atoms. The summed E-state index contributed by atoms with van der Waals surface area (Å²) in [6, 6.07) is 14.6. The number of thioether (sulfide) groups is 4. The number of anilines is 10. The van der Waals surface area contributed by atoms with Gasteiger partial charge in [0.05, 0.1) is 118 Å². The average molecular weight is 1830 g/mol. The van der Waals surface area contributed by atoms with Crippen LogP contribution in [0.15, 0.2) is 204 Å². The van der Waals surface area contributed by atoms with Gasteiger partial charge in [0.2, 0.25) is 10.0 Å². The first-order valence-corrected chi connectivity index (χ1v) is 46.7. The number of benzene rings is 1. The lowest BCUT2D eigenvalue weighted by molar-refractivity contribution is 0.521. The molecule has 19 heterocycles. The zero-order valence-corrected chi connectivity index (χ0v) is 75.0. The number of rotatable bonds is 24. The summed E-state index contributed by atoms with van der Waals surface area (Å²) >= 11 is 12.5. The van der Waals surface area contributed by atoms with Crippen LogP contribution in [-0.2, 0) is 10.0 Å². The molecule has 1 aliphatic rings. The van der Waals surface area contributed by atoms with Gasteiger partial charge in [-0.3, -0.25) is 47.5 Å². The number of hydrogen-bond donors (Lipinski definition) is 10. The number of H-pyrrole nitrogens is 5. The second-order valence-electron chi connectivity index (χ2n) is 28.0. The van der Waals surface area contributed by atoms with Crippen LogP contribution in [0.5, 0.6) is 0 Å². The summed E-state index contributed by atoms with van der Waals surface area (Å²) in [5.41, 5.74) is 17.9. The van der Waals surface area contributed by atoms with E-state index in [1.807, 2.05) is 158 Å². The lowest BCUT2D eigenvalue weighted by atomic mass is 10.3. The minimum atomic E-state index is -3.52. The Labute approximate surface area is 740 Å². The van der Waals surface area contributed by atoms with Gasteiger partial charge in [-0.1, -0.05) is 26.8 Å². The van der Waals surface area contributed by atoms with Crippen molar-refractivity contribution < 1.29 is 8.42 Å². The van der Waals surface area contributed by atoms with Crippen LogP contribution in [0.2, 0.25) is 0 Å². The Kier molecular flexibility index (Phi) is 25.0. The van der Waals surface area contributed by atoms with Crippen molar-refractivity contribution in [2.75, 3.05) is 52.7 Å². The second-order valence-corrected chi connectivity index (χ2v) is 38.4. The minimum absolute atomic E-state index is 0.201. The van der Waals surface area contributed by atoms with E-state index < -0.39 is 10.0 Å². The minimum Gasteiger partial charge on any atom is -0.337 e. The molecule has 1 aromatic carbocycles. The van der Waals surface area contributed by atoms with Crippen LogP contribution < -0.4 is 26.6 Å². The first kappa shape index (κ1) is 83.5. The van der Waals surface area contributed by atoms with Crippen LogP contribution in [0.25, 0.3) is 84.5 Å². The van der Waals surface area contributed by atoms with E-state index in [1.54, 1.807) is 109 Å². The highest BCUT2D eigenvalue weighted by molar-refractivity contribution is 8.00. The molecule has 37 nitrogen and oxygen atoms in total. The van der Waals surface area contributed by atoms with Gasteiger partial charge in [-0.15, -0.1) is 47.0 Å². The van der Waals surface area contributed by atoms with E-state index in [9.17, 15) is 8.42 Å². The molecule has 0 saturated heterocycles. The van der Waals surface area contributed by atoms with Crippen molar-refractivity contribution in [3.63, 3.8) is 0 Å². The molecule has 0 spiro atoms. The molecule has 1 saturated carbocycles. The smallest absolute Gasteiger partial charge is 0.242 e. The van der Waals surface area contributed by atoms with E-state index in [0.717, 1.165) is 171 Å². The Morgan fingerprint density at radius 3 is 1.18 bits per heavy atom. The number of aromatic amines is 5. The molecule has 10 N–H and O–H groups in total. The standard InChI is InChI=1S/C17H17N7O2S.C16H15N7S2.C16H17N7S2.C15H15N7S2.C14H13N7S2/c1-23(2)27(25,26)14-5-3-4-13(8-14)22-16-17-19-11-15(12-9-20-21-10-12)24(17)7-6-18-16;1-9-4-13(25-22-9)20-15-16-17-7-12(10-5-18-19-6-10)23(16)8-14(21-15)24-11-2-3-11;1-9(2)24-14-8-23-12(11-5-18-19-6-11)7-17-16(23)15(21-14)20-13-4-10(3)22-25-13;1-3-23-13-8-22-11(10-5-17-18-6-10)7-16-15(22)14(20-13)19-12-4-9(2)21-24-12;1-8-3-11(23-20-8)18-13-14-15-6-10(9-4-16-17-5-9)21(14)7-12(19-13)22-2/h3-11H,1-2H3,(H,18,22)(H,20,21);4-8,11H,2-3H2,1H3,(H,18,19)(H,20,21);4-9H,1-3H3,(H,18,19)(H,20,21);4-8H,3H2,1-2H3,(H,17,18)(H,19,20);3-7H,1-2H3,(H,16,17)(H,18,19). The third-order valence-corrected chi connectivity index (χ3v) is 26.8. The molecule has 21 rings (SSSR count). The maximum atomic E-state index is 12.3. The number of nitrogens with zero attached hydrogens (tertiary/aromatic N) is 25. The van der Waals surface area contributed by atoms with Gasteiger partial charge in [0, 0.05) is 126 Å². The molecule has 0 radical (unpaired) electrons. The van der Waals surface area contributed by atoms with Gasteiger partial charge in [0.15, 0.2) is 57.3 Å². The number of fused-ring (bicyclic) bond motifs is 5. The van der Waals surface area contributed by atoms with Crippen molar-refractivity contribution in [1.82, 2.24) is 145 Å². The lowest BCUT2D eigenvalue weighted by Crippen LogP contribution is -2.22. The second kappa shape index (κ2) is 37.1. The molecule has 19 aromatic heterocycles. The molecule has 1 aliphatic carbocycles. The highest BCUT2D eigenvalue weighted by Crippen LogP contribution is 2.41. The zero-order valence-electron chi connectivity index (χ0n) is 67.7. The van der Waals surface area contributed by atoms with Crippen LogP contribution in [0.1, 0.15) is 56.4 Å². The number of sulfonamides is 1. The Morgan fingerprint density at radius 1 is 0.460 bits per heavy atom. The van der Waals surface area contributed by atoms with Crippen molar-refractivity contribution in [3.05, 3.63) is 201 Å². The van der Waals surface area contributed by atoms with Gasteiger partial charge < -0.3 is 26.6 Å². The molecule has 0 unspecified atom stereocenters. The summed E-state index contributed by atoms with van der Waals surface area (Å²) < 4.78 is 53.2. The molecular weight excluding hydrogens is 1750 g/mol. The normalized spacial score (nSPS) is 12.1. The maximum absolute atomic E-state index is 12.3. The van der Waals surface area contributed by atoms with Gasteiger partial charge in [0.25, 0.3) is 0 Å². The lowest BCUT2D eigenvalue weighted by Gasteiger charge is -2.13. The number of hydrogen-bond acceptors (Lipinski definition) is 34. The van der Waals surface area contributed by atoms with Crippen LogP contribution in [-0.4, -0.2) is 190 Å². The molecule has 20 aromatic rings. The zero-order chi connectivity index (χ0) is 85.5. The number of aromatic nitrogens is 29. The van der Waals surface area contributed by atoms with E-state index >= 15 is 0 Å². The molecule has 0 atom stereocenters. The van der Waals surface area contributed by atoms with E-state index in [2.05, 4.69) is 166 Å². The van der Waals surface area contributed by atoms with Crippen molar-refractivity contribution in [3.8, 4) is 56.3 Å². The molecule has 1 fully saturated rings. The maximum Gasteiger partial charge on any atom is 0.242 e. The first-order chi connectivity index (χ1) is 60.3. The molecule has 630 valence electrons. The summed E-state index contributed by atoms with van der Waals surface area (Å²) in [7, 11) is -0.519. The van der Waals surface area contributed by atoms with Gasteiger partial charge in [-0.2, -0.15) is 43.0 Å². The van der Waals surface area contributed by atoms with Crippen molar-refractivity contribution in [1.29, 1.82) is 0 Å². The molecular formula is C78H77N35O2S9. The number of aryl methyl sites for hydroxylation is 4. The van der Waals surface area contributed by atoms with Gasteiger partial charge in [-0.05, 0) is 141 Å². The average Bonchev–Trinajstić information content (AvgIpc) is 1.64. The summed E-state index contributed by atoms with van der Waals surface area (Å²) in [5.74, 6) is 4.40. The van der Waals surface area contributed by atoms with E-state index in [0.29, 0.717) is 27.7 Å². The summed E-state index contributed by atoms with van der Waals surface area (Å²) in [6.45, 7) is 14.3. The fourth-order valence-corrected chi connectivity index (χ4v) is 18.9. The summed E-state index contributed by atoms with van der Waals surface area (Å²) in [5, 5.41) is 59.6. The molecule has 0 amide bonds. The van der Waals surface area contributed by atoms with E-state index in [1.165, 1.54) is 77.4 Å².